The van der Waals surface area contributed by atoms with E-state index < -0.39 is 24.9 Å². The molecule has 0 bridgehead atoms. The van der Waals surface area contributed by atoms with Gasteiger partial charge in [-0.1, -0.05) is 19.9 Å². The fourth-order valence-corrected chi connectivity index (χ4v) is 1.96. The number of hydrogen-bond acceptors (Lipinski definition) is 4. The molecular formula is C14H18BF2NO4. The monoisotopic (exact) mass is 313 g/mol. The number of carbonyl (C=O) groups is 2. The molecule has 5 nitrogen and oxygen atoms in total. The normalized spacial score (nSPS) is 11.4. The van der Waals surface area contributed by atoms with Crippen molar-refractivity contribution in [3.8, 4) is 0 Å². The predicted molar refractivity (Wildman–Crippen MR) is 78.4 cm³/mol. The number of carbonyl (C=O) groups excluding carboxylic acids is 2. The van der Waals surface area contributed by atoms with Crippen LogP contribution in [0.1, 0.15) is 41.0 Å². The topological polar surface area (TPSA) is 86.6 Å². The van der Waals surface area contributed by atoms with E-state index in [2.05, 4.69) is 5.32 Å². The Kier molecular flexibility index (Phi) is 6.19. The molecule has 0 aliphatic carbocycles. The van der Waals surface area contributed by atoms with E-state index in [1.807, 2.05) is 0 Å². The van der Waals surface area contributed by atoms with Gasteiger partial charge in [0.15, 0.2) is 0 Å². The highest BCUT2D eigenvalue weighted by Crippen LogP contribution is 2.23. The van der Waals surface area contributed by atoms with Crippen molar-refractivity contribution in [2.24, 2.45) is 5.41 Å². The molecule has 0 spiro atoms. The molecule has 120 valence electrons. The standard InChI is InChI=1S/C14H18BF2NO4/c1-14(2,6-12(16)17)8-18-13(20)9-3-4-11(15(21)22)10(5-9)7-19/h3-5,7,12,21-22H,6,8H2,1-2H3,(H,18,20). The number of benzene rings is 1. The number of rotatable bonds is 7. The smallest absolute Gasteiger partial charge is 0.423 e. The van der Waals surface area contributed by atoms with Crippen LogP contribution in [0.25, 0.3) is 0 Å². The Hall–Kier alpha value is -1.80. The molecule has 0 aliphatic rings. The highest BCUT2D eigenvalue weighted by molar-refractivity contribution is 6.60. The van der Waals surface area contributed by atoms with E-state index in [0.717, 1.165) is 0 Å². The summed E-state index contributed by atoms with van der Waals surface area (Å²) in [4.78, 5) is 22.9. The second-order valence-electron chi connectivity index (χ2n) is 5.78. The van der Waals surface area contributed by atoms with Crippen LogP contribution in [0.4, 0.5) is 8.78 Å². The third-order valence-corrected chi connectivity index (χ3v) is 3.19. The van der Waals surface area contributed by atoms with Crippen molar-refractivity contribution in [1.82, 2.24) is 5.32 Å². The molecule has 0 radical (unpaired) electrons. The van der Waals surface area contributed by atoms with Crippen LogP contribution in [0.2, 0.25) is 0 Å². The van der Waals surface area contributed by atoms with Crippen molar-refractivity contribution in [2.45, 2.75) is 26.7 Å². The van der Waals surface area contributed by atoms with Crippen molar-refractivity contribution < 1.29 is 28.4 Å². The van der Waals surface area contributed by atoms with E-state index in [1.54, 1.807) is 13.8 Å². The maximum Gasteiger partial charge on any atom is 0.489 e. The lowest BCUT2D eigenvalue weighted by molar-refractivity contribution is 0.0787. The molecule has 1 amide bonds. The third kappa shape index (κ3) is 5.20. The van der Waals surface area contributed by atoms with Crippen LogP contribution in [0, 0.1) is 5.41 Å². The summed E-state index contributed by atoms with van der Waals surface area (Å²) < 4.78 is 24.8. The molecule has 8 heteroatoms. The van der Waals surface area contributed by atoms with Gasteiger partial charge in [-0.3, -0.25) is 9.59 Å². The molecule has 0 heterocycles. The zero-order valence-corrected chi connectivity index (χ0v) is 12.3. The summed E-state index contributed by atoms with van der Waals surface area (Å²) in [7, 11) is -1.82. The molecular weight excluding hydrogens is 295 g/mol. The first-order valence-corrected chi connectivity index (χ1v) is 6.68. The summed E-state index contributed by atoms with van der Waals surface area (Å²) >= 11 is 0. The van der Waals surface area contributed by atoms with Gasteiger partial charge in [0.05, 0.1) is 0 Å². The van der Waals surface area contributed by atoms with E-state index in [-0.39, 0.29) is 29.6 Å². The largest absolute Gasteiger partial charge is 0.489 e. The van der Waals surface area contributed by atoms with Gasteiger partial charge in [0, 0.05) is 24.1 Å². The van der Waals surface area contributed by atoms with Gasteiger partial charge in [-0.05, 0) is 23.0 Å². The zero-order chi connectivity index (χ0) is 16.9. The van der Waals surface area contributed by atoms with E-state index in [4.69, 9.17) is 10.0 Å². The van der Waals surface area contributed by atoms with Gasteiger partial charge >= 0.3 is 7.12 Å². The van der Waals surface area contributed by atoms with Crippen molar-refractivity contribution in [3.05, 3.63) is 29.3 Å². The summed E-state index contributed by atoms with van der Waals surface area (Å²) in [5, 5.41) is 20.7. The molecule has 0 atom stereocenters. The molecule has 0 aliphatic heterocycles. The predicted octanol–water partition coefficient (Wildman–Crippen LogP) is 0.590. The van der Waals surface area contributed by atoms with Crippen molar-refractivity contribution in [1.29, 1.82) is 0 Å². The van der Waals surface area contributed by atoms with Gasteiger partial charge in [0.2, 0.25) is 6.43 Å². The maximum atomic E-state index is 12.4. The Bertz CT molecular complexity index is 550. The highest BCUT2D eigenvalue weighted by atomic mass is 19.3. The first-order chi connectivity index (χ1) is 10.2. The zero-order valence-electron chi connectivity index (χ0n) is 12.3. The highest BCUT2D eigenvalue weighted by Gasteiger charge is 2.24. The summed E-state index contributed by atoms with van der Waals surface area (Å²) in [5.74, 6) is -0.524. The molecule has 1 rings (SSSR count). The van der Waals surface area contributed by atoms with Gasteiger partial charge in [0.1, 0.15) is 6.29 Å². The van der Waals surface area contributed by atoms with Crippen LogP contribution >= 0.6 is 0 Å². The molecule has 0 saturated carbocycles. The molecule has 0 unspecified atom stereocenters. The Morgan fingerprint density at radius 3 is 2.55 bits per heavy atom. The van der Waals surface area contributed by atoms with E-state index >= 15 is 0 Å². The molecule has 1 aromatic carbocycles. The number of alkyl halides is 2. The van der Waals surface area contributed by atoms with E-state index in [0.29, 0.717) is 6.29 Å². The molecule has 1 aromatic rings. The minimum atomic E-state index is -2.46. The van der Waals surface area contributed by atoms with Crippen molar-refractivity contribution in [2.75, 3.05) is 6.54 Å². The van der Waals surface area contributed by atoms with Crippen molar-refractivity contribution >= 4 is 24.8 Å². The lowest BCUT2D eigenvalue weighted by Crippen LogP contribution is -2.36. The van der Waals surface area contributed by atoms with Crippen molar-refractivity contribution in [3.63, 3.8) is 0 Å². The Morgan fingerprint density at radius 2 is 2.05 bits per heavy atom. The minimum Gasteiger partial charge on any atom is -0.423 e. The molecule has 0 fully saturated rings. The van der Waals surface area contributed by atoms with E-state index in [9.17, 15) is 18.4 Å². The first-order valence-electron chi connectivity index (χ1n) is 6.68. The summed E-state index contributed by atoms with van der Waals surface area (Å²) in [6.07, 6.45) is -2.40. The number of hydrogen-bond donors (Lipinski definition) is 3. The SMILES string of the molecule is CC(C)(CNC(=O)c1ccc(B(O)O)c(C=O)c1)CC(F)F. The van der Waals surface area contributed by atoms with Gasteiger partial charge < -0.3 is 15.4 Å². The average molecular weight is 313 g/mol. The Morgan fingerprint density at radius 1 is 1.41 bits per heavy atom. The molecule has 0 aromatic heterocycles. The Labute approximate surface area is 127 Å². The van der Waals surface area contributed by atoms with Crippen LogP contribution in [0.3, 0.4) is 0 Å². The molecule has 0 saturated heterocycles. The van der Waals surface area contributed by atoms with Crippen LogP contribution in [0.5, 0.6) is 0 Å². The van der Waals surface area contributed by atoms with Gasteiger partial charge in [-0.2, -0.15) is 0 Å². The number of amides is 1. The number of nitrogens with one attached hydrogen (secondary N) is 1. The summed E-state index contributed by atoms with van der Waals surface area (Å²) in [6.45, 7) is 3.28. The summed E-state index contributed by atoms with van der Waals surface area (Å²) in [5.41, 5.74) is -0.656. The fraction of sp³-hybridized carbons (Fsp3) is 0.429. The van der Waals surface area contributed by atoms with E-state index in [1.165, 1.54) is 18.2 Å². The Balaban J connectivity index is 2.80. The maximum absolute atomic E-state index is 12.4. The lowest BCUT2D eigenvalue weighted by Gasteiger charge is -2.24. The number of aldehydes is 1. The van der Waals surface area contributed by atoms with Crippen LogP contribution in [-0.2, 0) is 0 Å². The number of halogens is 2. The van der Waals surface area contributed by atoms with Crippen LogP contribution in [0.15, 0.2) is 18.2 Å². The van der Waals surface area contributed by atoms with Gasteiger partial charge in [-0.15, -0.1) is 0 Å². The van der Waals surface area contributed by atoms with Gasteiger partial charge in [-0.25, -0.2) is 8.78 Å². The fourth-order valence-electron chi connectivity index (χ4n) is 1.96. The van der Waals surface area contributed by atoms with Gasteiger partial charge in [0.25, 0.3) is 5.91 Å². The van der Waals surface area contributed by atoms with Crippen LogP contribution in [-0.4, -0.2) is 42.3 Å². The first kappa shape index (κ1) is 18.3. The average Bonchev–Trinajstić information content (AvgIpc) is 2.42. The molecule has 22 heavy (non-hydrogen) atoms. The second kappa shape index (κ2) is 7.46. The second-order valence-corrected chi connectivity index (χ2v) is 5.78. The lowest BCUT2D eigenvalue weighted by atomic mass is 9.77. The summed E-state index contributed by atoms with van der Waals surface area (Å²) in [6, 6.07) is 3.81. The quantitative estimate of drug-likeness (QED) is 0.508. The minimum absolute atomic E-state index is 0.00965. The van der Waals surface area contributed by atoms with Crippen LogP contribution < -0.4 is 10.8 Å². The third-order valence-electron chi connectivity index (χ3n) is 3.19. The molecule has 3 N–H and O–H groups in total.